The van der Waals surface area contributed by atoms with Crippen LogP contribution in [0.2, 0.25) is 0 Å². The molecule has 0 aromatic heterocycles. The molecule has 0 aliphatic carbocycles. The fourth-order valence-electron chi connectivity index (χ4n) is 3.38. The molecule has 4 nitrogen and oxygen atoms in total. The number of carbonyl (C=O) groups is 3. The van der Waals surface area contributed by atoms with E-state index in [0.29, 0.717) is 16.9 Å². The van der Waals surface area contributed by atoms with Crippen LogP contribution in [0.4, 0.5) is 0 Å². The highest BCUT2D eigenvalue weighted by Crippen LogP contribution is 2.44. The van der Waals surface area contributed by atoms with Crippen LogP contribution in [0.25, 0.3) is 0 Å². The lowest BCUT2D eigenvalue weighted by Crippen LogP contribution is -2.40. The minimum Gasteiger partial charge on any atom is -0.426 e. The van der Waals surface area contributed by atoms with Gasteiger partial charge in [-0.3, -0.25) is 14.4 Å². The summed E-state index contributed by atoms with van der Waals surface area (Å²) in [4.78, 5) is 37.5. The molecule has 3 rings (SSSR count). The van der Waals surface area contributed by atoms with Gasteiger partial charge in [-0.1, -0.05) is 53.2 Å². The third-order valence-corrected chi connectivity index (χ3v) is 5.10. The second-order valence-electron chi connectivity index (χ2n) is 6.24. The Morgan fingerprint density at radius 3 is 2.44 bits per heavy atom. The Balaban J connectivity index is 2.09. The van der Waals surface area contributed by atoms with Crippen molar-refractivity contribution in [3.05, 3.63) is 64.1 Å². The monoisotopic (exact) mass is 400 g/mol. The molecule has 0 radical (unpaired) electrons. The number of ketones is 2. The second-order valence-corrected chi connectivity index (χ2v) is 7.15. The molecular weight excluding hydrogens is 384 g/mol. The van der Waals surface area contributed by atoms with Gasteiger partial charge in [0.15, 0.2) is 5.78 Å². The van der Waals surface area contributed by atoms with E-state index in [0.717, 1.165) is 4.47 Å². The Hall–Kier alpha value is -2.27. The number of fused-ring (bicyclic) bond motifs is 1. The highest BCUT2D eigenvalue weighted by Gasteiger charge is 2.45. The van der Waals surface area contributed by atoms with E-state index in [4.69, 9.17) is 4.74 Å². The molecule has 2 aromatic rings. The van der Waals surface area contributed by atoms with E-state index < -0.39 is 23.7 Å². The largest absolute Gasteiger partial charge is 0.426 e. The van der Waals surface area contributed by atoms with E-state index in [2.05, 4.69) is 15.9 Å². The molecule has 3 atom stereocenters. The summed E-state index contributed by atoms with van der Waals surface area (Å²) in [7, 11) is 0. The zero-order valence-corrected chi connectivity index (χ0v) is 15.4. The maximum Gasteiger partial charge on any atom is 0.322 e. The van der Waals surface area contributed by atoms with Crippen LogP contribution in [0.1, 0.15) is 35.7 Å². The molecule has 0 N–H and O–H groups in total. The Morgan fingerprint density at radius 2 is 1.80 bits per heavy atom. The molecule has 1 heterocycles. The minimum atomic E-state index is -0.982. The van der Waals surface area contributed by atoms with Crippen molar-refractivity contribution in [3.8, 4) is 5.75 Å². The Bertz CT molecular complexity index is 844. The Morgan fingerprint density at radius 1 is 1.12 bits per heavy atom. The predicted octanol–water partition coefficient (Wildman–Crippen LogP) is 4.18. The van der Waals surface area contributed by atoms with Crippen molar-refractivity contribution >= 4 is 33.5 Å². The predicted molar refractivity (Wildman–Crippen MR) is 96.6 cm³/mol. The van der Waals surface area contributed by atoms with Gasteiger partial charge in [0.2, 0.25) is 0 Å². The molecule has 0 bridgehead atoms. The summed E-state index contributed by atoms with van der Waals surface area (Å²) in [5.41, 5.74) is 1.26. The van der Waals surface area contributed by atoms with E-state index in [1.165, 1.54) is 6.92 Å². The van der Waals surface area contributed by atoms with Crippen LogP contribution in [-0.2, 0) is 9.59 Å². The lowest BCUT2D eigenvalue weighted by atomic mass is 9.72. The molecule has 1 aliphatic heterocycles. The Kier molecular flexibility index (Phi) is 4.86. The average molecular weight is 401 g/mol. The number of Topliss-reactive ketones (excluding diaryl/α,β-unsaturated/α-hetero) is 2. The van der Waals surface area contributed by atoms with Crippen LogP contribution < -0.4 is 4.74 Å². The van der Waals surface area contributed by atoms with Crippen LogP contribution in [0.15, 0.2) is 53.0 Å². The van der Waals surface area contributed by atoms with E-state index >= 15 is 0 Å². The van der Waals surface area contributed by atoms with Gasteiger partial charge in [0.25, 0.3) is 0 Å². The summed E-state index contributed by atoms with van der Waals surface area (Å²) in [6.07, 6.45) is 0. The third kappa shape index (κ3) is 3.29. The molecule has 0 spiro atoms. The van der Waals surface area contributed by atoms with Crippen LogP contribution in [0.3, 0.4) is 0 Å². The fourth-order valence-corrected chi connectivity index (χ4v) is 3.75. The van der Waals surface area contributed by atoms with Crippen molar-refractivity contribution < 1.29 is 19.1 Å². The lowest BCUT2D eigenvalue weighted by Gasteiger charge is -2.34. The van der Waals surface area contributed by atoms with Gasteiger partial charge < -0.3 is 4.74 Å². The van der Waals surface area contributed by atoms with Gasteiger partial charge in [0, 0.05) is 27.4 Å². The Labute approximate surface area is 154 Å². The maximum absolute atomic E-state index is 12.9. The van der Waals surface area contributed by atoms with E-state index in [1.54, 1.807) is 43.3 Å². The smallest absolute Gasteiger partial charge is 0.322 e. The minimum absolute atomic E-state index is 0.0996. The van der Waals surface area contributed by atoms with Gasteiger partial charge in [0.1, 0.15) is 17.5 Å². The van der Waals surface area contributed by atoms with E-state index in [1.807, 2.05) is 12.1 Å². The van der Waals surface area contributed by atoms with Gasteiger partial charge in [-0.05, 0) is 25.1 Å². The van der Waals surface area contributed by atoms with E-state index in [9.17, 15) is 14.4 Å². The summed E-state index contributed by atoms with van der Waals surface area (Å²) in [6.45, 7) is 3.13. The van der Waals surface area contributed by atoms with Crippen molar-refractivity contribution in [1.82, 2.24) is 0 Å². The molecule has 5 heteroatoms. The van der Waals surface area contributed by atoms with Crippen molar-refractivity contribution in [2.45, 2.75) is 19.8 Å². The van der Waals surface area contributed by atoms with Crippen LogP contribution in [0.5, 0.6) is 5.75 Å². The molecule has 25 heavy (non-hydrogen) atoms. The summed E-state index contributed by atoms with van der Waals surface area (Å²) in [5.74, 6) is -2.67. The van der Waals surface area contributed by atoms with Gasteiger partial charge in [0.05, 0.1) is 0 Å². The first-order valence-corrected chi connectivity index (χ1v) is 8.80. The SMILES string of the molecule is CC(=O)[C@@H]1C(=O)Oc2ccc(Br)cc2[C@@H]1[C@H](C)C(=O)c1ccccc1. The number of rotatable bonds is 4. The van der Waals surface area contributed by atoms with Gasteiger partial charge in [-0.2, -0.15) is 0 Å². The molecule has 0 saturated carbocycles. The first kappa shape index (κ1) is 17.5. The van der Waals surface area contributed by atoms with Crippen LogP contribution in [-0.4, -0.2) is 17.5 Å². The zero-order valence-electron chi connectivity index (χ0n) is 13.9. The molecular formula is C20H17BrO4. The highest BCUT2D eigenvalue weighted by molar-refractivity contribution is 9.10. The molecule has 1 aliphatic rings. The molecule has 2 aromatic carbocycles. The number of ether oxygens (including phenoxy) is 1. The number of benzene rings is 2. The first-order chi connectivity index (χ1) is 11.9. The summed E-state index contributed by atoms with van der Waals surface area (Å²) in [6, 6.07) is 14.2. The average Bonchev–Trinajstić information content (AvgIpc) is 2.60. The van der Waals surface area contributed by atoms with Crippen molar-refractivity contribution in [1.29, 1.82) is 0 Å². The van der Waals surface area contributed by atoms with Gasteiger partial charge in [-0.25, -0.2) is 0 Å². The second kappa shape index (κ2) is 6.92. The first-order valence-electron chi connectivity index (χ1n) is 8.01. The molecule has 0 fully saturated rings. The third-order valence-electron chi connectivity index (χ3n) is 4.60. The van der Waals surface area contributed by atoms with Crippen molar-refractivity contribution in [2.24, 2.45) is 11.8 Å². The molecule has 0 unspecified atom stereocenters. The molecule has 0 saturated heterocycles. The zero-order chi connectivity index (χ0) is 18.1. The van der Waals surface area contributed by atoms with Crippen molar-refractivity contribution in [3.63, 3.8) is 0 Å². The standard InChI is InChI=1S/C20H17BrO4/c1-11(19(23)13-6-4-3-5-7-13)17-15-10-14(21)8-9-16(15)25-20(24)18(17)12(2)22/h3-11,17-18H,1-2H3/t11-,17-,18-/m0/s1. The van der Waals surface area contributed by atoms with Gasteiger partial charge in [-0.15, -0.1) is 0 Å². The quantitative estimate of drug-likeness (QED) is 0.334. The fraction of sp³-hybridized carbons (Fsp3) is 0.250. The lowest BCUT2D eigenvalue weighted by molar-refractivity contribution is -0.146. The number of halogens is 1. The van der Waals surface area contributed by atoms with Crippen LogP contribution in [0, 0.1) is 11.8 Å². The summed E-state index contributed by atoms with van der Waals surface area (Å²) < 4.78 is 6.14. The van der Waals surface area contributed by atoms with E-state index in [-0.39, 0.29) is 11.6 Å². The normalized spacial score (nSPS) is 20.4. The number of hydrogen-bond acceptors (Lipinski definition) is 4. The number of esters is 1. The van der Waals surface area contributed by atoms with Crippen molar-refractivity contribution in [2.75, 3.05) is 0 Å². The maximum atomic E-state index is 12.9. The number of carbonyl (C=O) groups excluding carboxylic acids is 3. The topological polar surface area (TPSA) is 60.4 Å². The van der Waals surface area contributed by atoms with Gasteiger partial charge >= 0.3 is 5.97 Å². The summed E-state index contributed by atoms with van der Waals surface area (Å²) >= 11 is 3.41. The highest BCUT2D eigenvalue weighted by atomic mass is 79.9. The summed E-state index contributed by atoms with van der Waals surface area (Å²) in [5, 5.41) is 0. The molecule has 0 amide bonds. The molecule has 128 valence electrons. The number of hydrogen-bond donors (Lipinski definition) is 0. The van der Waals surface area contributed by atoms with Crippen LogP contribution >= 0.6 is 15.9 Å².